The van der Waals surface area contributed by atoms with E-state index in [1.165, 1.54) is 48.6 Å². The van der Waals surface area contributed by atoms with Crippen LogP contribution in [0.3, 0.4) is 0 Å². The lowest BCUT2D eigenvalue weighted by Crippen LogP contribution is -2.32. The fraction of sp³-hybridized carbons (Fsp3) is 1.00. The third-order valence-electron chi connectivity index (χ3n) is 4.14. The molecule has 0 spiro atoms. The summed E-state index contributed by atoms with van der Waals surface area (Å²) in [7, 11) is 0. The SMILES string of the molecule is OC1CC[C]([AlH2])([C@@H]2CCNC2)CC1. The van der Waals surface area contributed by atoms with Gasteiger partial charge in [0.15, 0.2) is 0 Å². The predicted molar refractivity (Wildman–Crippen MR) is 56.7 cm³/mol. The highest BCUT2D eigenvalue weighted by molar-refractivity contribution is 6.15. The second-order valence-electron chi connectivity index (χ2n) is 5.07. The Morgan fingerprint density at radius 1 is 1.23 bits per heavy atom. The Bertz CT molecular complexity index is 172. The van der Waals surface area contributed by atoms with E-state index in [0.29, 0.717) is 4.28 Å². The van der Waals surface area contributed by atoms with Gasteiger partial charge in [-0.15, -0.1) is 0 Å². The maximum Gasteiger partial charge on any atom is 0.221 e. The molecule has 74 valence electrons. The molecule has 2 nitrogen and oxygen atoms in total. The molecule has 2 N–H and O–H groups in total. The fourth-order valence-corrected chi connectivity index (χ4v) is 3.99. The Labute approximate surface area is 88.5 Å². The minimum absolute atomic E-state index is 0.0106. The van der Waals surface area contributed by atoms with Gasteiger partial charge >= 0.3 is 0 Å². The molecule has 0 radical (unpaired) electrons. The molecule has 1 atom stereocenters. The summed E-state index contributed by atoms with van der Waals surface area (Å²) in [6, 6.07) is 0. The van der Waals surface area contributed by atoms with Crippen LogP contribution < -0.4 is 5.32 Å². The van der Waals surface area contributed by atoms with Crippen molar-refractivity contribution in [1.82, 2.24) is 5.32 Å². The first-order valence-corrected chi connectivity index (χ1v) is 6.59. The molecule has 1 aliphatic carbocycles. The van der Waals surface area contributed by atoms with Crippen molar-refractivity contribution in [2.75, 3.05) is 13.1 Å². The van der Waals surface area contributed by atoms with Gasteiger partial charge in [0, 0.05) is 0 Å². The molecule has 1 heterocycles. The first-order chi connectivity index (χ1) is 6.21. The Balaban J connectivity index is 1.95. The van der Waals surface area contributed by atoms with Crippen LogP contribution in [0.4, 0.5) is 0 Å². The van der Waals surface area contributed by atoms with Crippen molar-refractivity contribution in [1.29, 1.82) is 0 Å². The van der Waals surface area contributed by atoms with Gasteiger partial charge in [0.2, 0.25) is 16.3 Å². The van der Waals surface area contributed by atoms with Crippen LogP contribution in [0.5, 0.6) is 0 Å². The van der Waals surface area contributed by atoms with Crippen molar-refractivity contribution in [2.24, 2.45) is 5.92 Å². The number of hydrogen-bond acceptors (Lipinski definition) is 2. The van der Waals surface area contributed by atoms with E-state index < -0.39 is 0 Å². The highest BCUT2D eigenvalue weighted by Gasteiger charge is 2.38. The molecule has 0 amide bonds. The first-order valence-electron chi connectivity index (χ1n) is 5.59. The molecular formula is C10H20AlNO. The van der Waals surface area contributed by atoms with Gasteiger partial charge in [-0.2, -0.15) is 0 Å². The largest absolute Gasteiger partial charge is 0.393 e. The summed E-state index contributed by atoms with van der Waals surface area (Å²) in [5.74, 6) is 0.923. The smallest absolute Gasteiger partial charge is 0.221 e. The summed E-state index contributed by atoms with van der Waals surface area (Å²) >= 11 is 1.31. The Hall–Kier alpha value is 0.452. The summed E-state index contributed by atoms with van der Waals surface area (Å²) in [6.45, 7) is 2.46. The Kier molecular flexibility index (Phi) is 3.00. The summed E-state index contributed by atoms with van der Waals surface area (Å²) in [5.41, 5.74) is 0. The van der Waals surface area contributed by atoms with Crippen molar-refractivity contribution in [3.63, 3.8) is 0 Å². The maximum absolute atomic E-state index is 9.48. The molecule has 2 rings (SSSR count). The van der Waals surface area contributed by atoms with Crippen molar-refractivity contribution in [2.45, 2.75) is 42.5 Å². The number of aliphatic hydroxyl groups is 1. The number of aliphatic hydroxyl groups excluding tert-OH is 1. The molecule has 0 aromatic rings. The van der Waals surface area contributed by atoms with E-state index in [4.69, 9.17) is 0 Å². The monoisotopic (exact) mass is 197 g/mol. The molecule has 1 saturated carbocycles. The highest BCUT2D eigenvalue weighted by Crippen LogP contribution is 2.48. The summed E-state index contributed by atoms with van der Waals surface area (Å²) in [5, 5.41) is 12.9. The van der Waals surface area contributed by atoms with E-state index in [-0.39, 0.29) is 6.10 Å². The van der Waals surface area contributed by atoms with Crippen LogP contribution in [0.15, 0.2) is 0 Å². The van der Waals surface area contributed by atoms with Crippen LogP contribution in [-0.4, -0.2) is 40.6 Å². The number of hydrogen-bond donors (Lipinski definition) is 2. The van der Waals surface area contributed by atoms with Gasteiger partial charge in [-0.05, 0) is 38.3 Å². The molecule has 2 aliphatic rings. The molecule has 3 heteroatoms. The summed E-state index contributed by atoms with van der Waals surface area (Å²) < 4.78 is 0.655. The molecule has 0 unspecified atom stereocenters. The van der Waals surface area contributed by atoms with Gasteiger partial charge in [0.05, 0.1) is 6.10 Å². The van der Waals surface area contributed by atoms with E-state index in [1.807, 2.05) is 0 Å². The quantitative estimate of drug-likeness (QED) is 0.593. The summed E-state index contributed by atoms with van der Waals surface area (Å²) in [4.78, 5) is 0. The average Bonchev–Trinajstić information content (AvgIpc) is 2.63. The van der Waals surface area contributed by atoms with Crippen molar-refractivity contribution < 1.29 is 5.11 Å². The van der Waals surface area contributed by atoms with Crippen LogP contribution >= 0.6 is 0 Å². The second kappa shape index (κ2) is 3.90. The van der Waals surface area contributed by atoms with Crippen molar-refractivity contribution >= 4 is 16.3 Å². The molecule has 1 saturated heterocycles. The van der Waals surface area contributed by atoms with Gasteiger partial charge in [0.1, 0.15) is 0 Å². The van der Waals surface area contributed by atoms with Crippen LogP contribution in [0.2, 0.25) is 4.28 Å². The van der Waals surface area contributed by atoms with E-state index >= 15 is 0 Å². The van der Waals surface area contributed by atoms with Gasteiger partial charge in [-0.1, -0.05) is 17.1 Å². The Morgan fingerprint density at radius 2 is 1.92 bits per heavy atom. The number of rotatable bonds is 1. The molecule has 1 aliphatic heterocycles. The van der Waals surface area contributed by atoms with Crippen LogP contribution in [0, 0.1) is 5.92 Å². The average molecular weight is 197 g/mol. The normalized spacial score (nSPS) is 46.5. The van der Waals surface area contributed by atoms with Gasteiger partial charge in [-0.25, -0.2) is 0 Å². The van der Waals surface area contributed by atoms with Gasteiger partial charge in [-0.3, -0.25) is 0 Å². The third kappa shape index (κ3) is 2.10. The zero-order chi connectivity index (χ0) is 9.31. The molecule has 0 aromatic heterocycles. The van der Waals surface area contributed by atoms with E-state index in [9.17, 15) is 5.11 Å². The van der Waals surface area contributed by atoms with Crippen molar-refractivity contribution in [3.8, 4) is 0 Å². The lowest BCUT2D eigenvalue weighted by Gasteiger charge is -2.40. The zero-order valence-corrected chi connectivity index (χ0v) is 10.6. The van der Waals surface area contributed by atoms with Crippen LogP contribution in [-0.2, 0) is 0 Å². The van der Waals surface area contributed by atoms with Crippen molar-refractivity contribution in [3.05, 3.63) is 0 Å². The second-order valence-corrected chi connectivity index (χ2v) is 7.07. The highest BCUT2D eigenvalue weighted by atomic mass is 27.0. The van der Waals surface area contributed by atoms with E-state index in [2.05, 4.69) is 5.32 Å². The first kappa shape index (κ1) is 9.99. The van der Waals surface area contributed by atoms with E-state index in [1.54, 1.807) is 0 Å². The van der Waals surface area contributed by atoms with E-state index in [0.717, 1.165) is 18.8 Å². The van der Waals surface area contributed by atoms with Crippen LogP contribution in [0.25, 0.3) is 0 Å². The van der Waals surface area contributed by atoms with Gasteiger partial charge in [0.25, 0.3) is 0 Å². The molecule has 0 bridgehead atoms. The van der Waals surface area contributed by atoms with Gasteiger partial charge < -0.3 is 10.4 Å². The molecular weight excluding hydrogens is 177 g/mol. The fourth-order valence-electron chi connectivity index (χ4n) is 2.92. The zero-order valence-electron chi connectivity index (χ0n) is 8.55. The standard InChI is InChI=1S/C10H18NO.Al.2H/c12-10-3-1-8(2-4-10)9-5-6-11-7-9;;;/h9-12H,1-7H2;;;/t9-;;;/m1.../s1. The lowest BCUT2D eigenvalue weighted by molar-refractivity contribution is 0.100. The molecule has 2 fully saturated rings. The third-order valence-corrected chi connectivity index (χ3v) is 5.96. The Morgan fingerprint density at radius 3 is 2.46 bits per heavy atom. The molecule has 13 heavy (non-hydrogen) atoms. The topological polar surface area (TPSA) is 32.3 Å². The lowest BCUT2D eigenvalue weighted by atomic mass is 9.77. The minimum atomic E-state index is 0.0106. The molecule has 0 aromatic carbocycles. The number of nitrogens with one attached hydrogen (secondary N) is 1. The maximum atomic E-state index is 9.48. The summed E-state index contributed by atoms with van der Waals surface area (Å²) in [6.07, 6.45) is 6.07. The predicted octanol–water partition coefficient (Wildman–Crippen LogP) is 0.323. The minimum Gasteiger partial charge on any atom is -0.393 e. The van der Waals surface area contributed by atoms with Crippen LogP contribution in [0.1, 0.15) is 32.1 Å².